The summed E-state index contributed by atoms with van der Waals surface area (Å²) in [6.45, 7) is -0.237. The summed E-state index contributed by atoms with van der Waals surface area (Å²) < 4.78 is 22.8. The molecule has 1 aliphatic rings. The second-order valence-electron chi connectivity index (χ2n) is 2.92. The summed E-state index contributed by atoms with van der Waals surface area (Å²) in [7, 11) is 0. The molecule has 0 bridgehead atoms. The van der Waals surface area contributed by atoms with Crippen molar-refractivity contribution in [2.24, 2.45) is 5.90 Å². The summed E-state index contributed by atoms with van der Waals surface area (Å²) in [5.41, 5.74) is 1.19. The minimum absolute atomic E-state index is 0.163. The Labute approximate surface area is 80.3 Å². The molecule has 14 heavy (non-hydrogen) atoms. The largest absolute Gasteiger partial charge is 0.454 e. The van der Waals surface area contributed by atoms with Crippen LogP contribution in [0.3, 0.4) is 0 Å². The maximum atomic E-state index is 12.6. The molecule has 76 valence electrons. The molecule has 0 aromatic heterocycles. The Balaban J connectivity index is 2.38. The molecule has 1 aliphatic heterocycles. The lowest BCUT2D eigenvalue weighted by Crippen LogP contribution is -2.01. The van der Waals surface area contributed by atoms with Crippen LogP contribution in [0.2, 0.25) is 0 Å². The topological polar surface area (TPSA) is 53.7 Å². The van der Waals surface area contributed by atoms with Gasteiger partial charge in [0.2, 0.25) is 6.79 Å². The Bertz CT molecular complexity index is 343. The quantitative estimate of drug-likeness (QED) is 0.745. The summed E-state index contributed by atoms with van der Waals surface area (Å²) >= 11 is 0. The SMILES string of the molecule is NOCc1cc2c(cc1CF)OCO2. The van der Waals surface area contributed by atoms with Gasteiger partial charge in [-0.15, -0.1) is 0 Å². The zero-order chi connectivity index (χ0) is 9.97. The number of nitrogens with two attached hydrogens (primary N) is 1. The van der Waals surface area contributed by atoms with E-state index in [1.54, 1.807) is 12.1 Å². The maximum Gasteiger partial charge on any atom is 0.231 e. The molecule has 0 amide bonds. The Morgan fingerprint density at radius 1 is 1.29 bits per heavy atom. The number of ether oxygens (including phenoxy) is 2. The van der Waals surface area contributed by atoms with Crippen molar-refractivity contribution in [3.63, 3.8) is 0 Å². The molecule has 0 saturated carbocycles. The summed E-state index contributed by atoms with van der Waals surface area (Å²) in [6, 6.07) is 3.29. The second kappa shape index (κ2) is 3.81. The van der Waals surface area contributed by atoms with Gasteiger partial charge < -0.3 is 9.47 Å². The van der Waals surface area contributed by atoms with Gasteiger partial charge in [-0.1, -0.05) is 0 Å². The van der Waals surface area contributed by atoms with Gasteiger partial charge in [0, 0.05) is 0 Å². The van der Waals surface area contributed by atoms with E-state index in [0.29, 0.717) is 22.6 Å². The fourth-order valence-corrected chi connectivity index (χ4v) is 1.37. The Morgan fingerprint density at radius 2 is 1.93 bits per heavy atom. The summed E-state index contributed by atoms with van der Waals surface area (Å²) in [4.78, 5) is 4.47. The molecule has 4 nitrogen and oxygen atoms in total. The van der Waals surface area contributed by atoms with Crippen molar-refractivity contribution in [3.05, 3.63) is 23.3 Å². The predicted octanol–water partition coefficient (Wildman–Crippen LogP) is 1.28. The zero-order valence-electron chi connectivity index (χ0n) is 7.46. The molecule has 2 rings (SSSR count). The van der Waals surface area contributed by atoms with Gasteiger partial charge in [-0.05, 0) is 23.3 Å². The summed E-state index contributed by atoms with van der Waals surface area (Å²) in [5, 5.41) is 0. The molecular weight excluding hydrogens is 189 g/mol. The van der Waals surface area contributed by atoms with E-state index < -0.39 is 6.67 Å². The molecule has 0 radical (unpaired) electrons. The van der Waals surface area contributed by atoms with Crippen molar-refractivity contribution in [1.82, 2.24) is 0 Å². The van der Waals surface area contributed by atoms with Gasteiger partial charge in [-0.3, -0.25) is 4.84 Å². The van der Waals surface area contributed by atoms with E-state index in [9.17, 15) is 4.39 Å². The fraction of sp³-hybridized carbons (Fsp3) is 0.333. The lowest BCUT2D eigenvalue weighted by atomic mass is 10.1. The highest BCUT2D eigenvalue weighted by Crippen LogP contribution is 2.35. The fourth-order valence-electron chi connectivity index (χ4n) is 1.37. The molecule has 5 heteroatoms. The van der Waals surface area contributed by atoms with Crippen LogP contribution in [0.25, 0.3) is 0 Å². The normalized spacial score (nSPS) is 13.3. The van der Waals surface area contributed by atoms with E-state index in [1.807, 2.05) is 0 Å². The van der Waals surface area contributed by atoms with E-state index in [0.717, 1.165) is 0 Å². The van der Waals surface area contributed by atoms with E-state index in [1.165, 1.54) is 0 Å². The van der Waals surface area contributed by atoms with Gasteiger partial charge in [-0.25, -0.2) is 10.3 Å². The summed E-state index contributed by atoms with van der Waals surface area (Å²) in [5.74, 6) is 6.11. The van der Waals surface area contributed by atoms with Gasteiger partial charge in [0.1, 0.15) is 6.67 Å². The molecule has 0 saturated heterocycles. The third-order valence-corrected chi connectivity index (χ3v) is 2.08. The molecule has 0 fully saturated rings. The third kappa shape index (κ3) is 1.51. The minimum atomic E-state index is -0.574. The van der Waals surface area contributed by atoms with Gasteiger partial charge in [0.15, 0.2) is 11.5 Å². The van der Waals surface area contributed by atoms with Crippen LogP contribution in [0, 0.1) is 0 Å². The molecule has 1 heterocycles. The van der Waals surface area contributed by atoms with E-state index >= 15 is 0 Å². The van der Waals surface area contributed by atoms with Crippen LogP contribution in [0.5, 0.6) is 11.5 Å². The van der Waals surface area contributed by atoms with Gasteiger partial charge in [-0.2, -0.15) is 0 Å². The van der Waals surface area contributed by atoms with Crippen LogP contribution in [0.4, 0.5) is 4.39 Å². The number of halogens is 1. The van der Waals surface area contributed by atoms with Crippen molar-refractivity contribution in [2.75, 3.05) is 6.79 Å². The third-order valence-electron chi connectivity index (χ3n) is 2.08. The number of rotatable bonds is 3. The number of hydrogen-bond acceptors (Lipinski definition) is 4. The lowest BCUT2D eigenvalue weighted by molar-refractivity contribution is 0.123. The van der Waals surface area contributed by atoms with Crippen molar-refractivity contribution in [3.8, 4) is 11.5 Å². The first-order valence-corrected chi connectivity index (χ1v) is 4.14. The first-order valence-electron chi connectivity index (χ1n) is 4.14. The van der Waals surface area contributed by atoms with E-state index in [-0.39, 0.29) is 13.4 Å². The number of hydrogen-bond donors (Lipinski definition) is 1. The van der Waals surface area contributed by atoms with Crippen molar-refractivity contribution < 1.29 is 18.7 Å². The highest BCUT2D eigenvalue weighted by atomic mass is 19.1. The predicted molar refractivity (Wildman–Crippen MR) is 46.4 cm³/mol. The maximum absolute atomic E-state index is 12.6. The molecule has 2 N–H and O–H groups in total. The Morgan fingerprint density at radius 3 is 2.50 bits per heavy atom. The Hall–Kier alpha value is -1.33. The monoisotopic (exact) mass is 199 g/mol. The van der Waals surface area contributed by atoms with E-state index in [2.05, 4.69) is 4.84 Å². The smallest absolute Gasteiger partial charge is 0.231 e. The van der Waals surface area contributed by atoms with Crippen molar-refractivity contribution in [2.45, 2.75) is 13.3 Å². The first kappa shape index (κ1) is 9.23. The number of fused-ring (bicyclic) bond motifs is 1. The van der Waals surface area contributed by atoms with Crippen LogP contribution in [-0.2, 0) is 18.1 Å². The number of benzene rings is 1. The standard InChI is InChI=1S/C9H10FNO3/c10-3-6-1-8-9(13-5-12-8)2-7(6)4-14-11/h1-2H,3-5,11H2. The second-order valence-corrected chi connectivity index (χ2v) is 2.92. The molecular formula is C9H10FNO3. The van der Waals surface area contributed by atoms with Crippen molar-refractivity contribution in [1.29, 1.82) is 0 Å². The highest BCUT2D eigenvalue weighted by molar-refractivity contribution is 5.48. The summed E-state index contributed by atoms with van der Waals surface area (Å²) in [6.07, 6.45) is 0. The molecule has 1 aromatic rings. The van der Waals surface area contributed by atoms with Crippen LogP contribution in [0.15, 0.2) is 12.1 Å². The van der Waals surface area contributed by atoms with Crippen LogP contribution < -0.4 is 15.4 Å². The number of alkyl halides is 1. The average Bonchev–Trinajstić information content (AvgIpc) is 2.64. The van der Waals surface area contributed by atoms with E-state index in [4.69, 9.17) is 15.4 Å². The van der Waals surface area contributed by atoms with Crippen LogP contribution in [-0.4, -0.2) is 6.79 Å². The zero-order valence-corrected chi connectivity index (χ0v) is 7.46. The van der Waals surface area contributed by atoms with Gasteiger partial charge in [0.25, 0.3) is 0 Å². The molecule has 1 aromatic carbocycles. The van der Waals surface area contributed by atoms with Crippen LogP contribution >= 0.6 is 0 Å². The highest BCUT2D eigenvalue weighted by Gasteiger charge is 2.16. The van der Waals surface area contributed by atoms with Gasteiger partial charge in [0.05, 0.1) is 6.61 Å². The van der Waals surface area contributed by atoms with Crippen molar-refractivity contribution >= 4 is 0 Å². The molecule has 0 spiro atoms. The minimum Gasteiger partial charge on any atom is -0.454 e. The van der Waals surface area contributed by atoms with Gasteiger partial charge >= 0.3 is 0 Å². The Kier molecular flexibility index (Phi) is 2.51. The molecule has 0 aliphatic carbocycles. The lowest BCUT2D eigenvalue weighted by Gasteiger charge is -2.06. The molecule has 0 atom stereocenters. The molecule has 0 unspecified atom stereocenters. The first-order chi connectivity index (χ1) is 6.85. The average molecular weight is 199 g/mol. The van der Waals surface area contributed by atoms with Crippen LogP contribution in [0.1, 0.15) is 11.1 Å².